The summed E-state index contributed by atoms with van der Waals surface area (Å²) in [5.74, 6) is 0.0425. The first-order chi connectivity index (χ1) is 13.5. The molecule has 3 atom stereocenters. The van der Waals surface area contributed by atoms with Crippen LogP contribution in [0.5, 0.6) is 0 Å². The number of amides is 2. The molecule has 2 amide bonds. The first-order valence-corrected chi connectivity index (χ1v) is 10.2. The molecule has 3 aliphatic heterocycles. The molecular weight excluding hydrogens is 356 g/mol. The number of anilines is 2. The predicted octanol–water partition coefficient (Wildman–Crippen LogP) is 2.74. The maximum Gasteiger partial charge on any atom is 0.264 e. The highest BCUT2D eigenvalue weighted by atomic mass is 16.5. The minimum Gasteiger partial charge on any atom is -0.396 e. The highest BCUT2D eigenvalue weighted by Gasteiger charge is 2.60. The van der Waals surface area contributed by atoms with Gasteiger partial charge in [-0.15, -0.1) is 6.58 Å². The molecule has 6 heteroatoms. The van der Waals surface area contributed by atoms with Gasteiger partial charge in [0, 0.05) is 43.3 Å². The van der Waals surface area contributed by atoms with Crippen molar-refractivity contribution in [1.82, 2.24) is 0 Å². The van der Waals surface area contributed by atoms with Gasteiger partial charge < -0.3 is 19.6 Å². The van der Waals surface area contributed by atoms with Crippen molar-refractivity contribution >= 4 is 23.2 Å². The molecule has 1 aromatic carbocycles. The number of piperidine rings is 1. The number of hydrogen-bond acceptors (Lipinski definition) is 4. The highest BCUT2D eigenvalue weighted by molar-refractivity contribution is 6.08. The summed E-state index contributed by atoms with van der Waals surface area (Å²) in [5.41, 5.74) is 1.45. The lowest BCUT2D eigenvalue weighted by Crippen LogP contribution is -2.44. The molecule has 0 aliphatic carbocycles. The normalized spacial score (nSPS) is 29.6. The number of carbonyl (C=O) groups is 2. The van der Waals surface area contributed by atoms with Crippen molar-refractivity contribution in [3.8, 4) is 0 Å². The van der Waals surface area contributed by atoms with Crippen LogP contribution in [0.2, 0.25) is 0 Å². The van der Waals surface area contributed by atoms with Crippen LogP contribution >= 0.6 is 0 Å². The Morgan fingerprint density at radius 2 is 2.18 bits per heavy atom. The molecule has 4 rings (SSSR count). The largest absolute Gasteiger partial charge is 0.396 e. The Balaban J connectivity index is 1.80. The van der Waals surface area contributed by atoms with E-state index in [2.05, 4.69) is 6.58 Å². The fraction of sp³-hybridized carbons (Fsp3) is 0.545. The molecule has 28 heavy (non-hydrogen) atoms. The number of hydrogen-bond donors (Lipinski definition) is 1. The third-order valence-electron chi connectivity index (χ3n) is 6.29. The summed E-state index contributed by atoms with van der Waals surface area (Å²) in [7, 11) is 0. The Morgan fingerprint density at radius 1 is 1.36 bits per heavy atom. The molecule has 2 fully saturated rings. The number of carbonyl (C=O) groups excluding carboxylic acids is 2. The van der Waals surface area contributed by atoms with Crippen LogP contribution < -0.4 is 9.80 Å². The maximum absolute atomic E-state index is 13.5. The molecule has 0 radical (unpaired) electrons. The zero-order valence-electron chi connectivity index (χ0n) is 16.4. The van der Waals surface area contributed by atoms with Crippen LogP contribution in [-0.2, 0) is 19.9 Å². The zero-order chi connectivity index (χ0) is 19.9. The Bertz CT molecular complexity index is 808. The van der Waals surface area contributed by atoms with Gasteiger partial charge in [0.25, 0.3) is 5.91 Å². The summed E-state index contributed by atoms with van der Waals surface area (Å²) >= 11 is 0. The van der Waals surface area contributed by atoms with Crippen molar-refractivity contribution < 1.29 is 19.4 Å². The molecule has 3 aliphatic rings. The standard InChI is InChI=1S/C22H28N2O4/c1-3-10-24-19-8-7-16(23-11-5-4-6-20(23)26)14-18(19)22(21(24)27)15(2)13-17(28-22)9-12-25/h3,7-8,14-15,17,25H,1,4-6,9-13H2,2H3/t15-,17+,22+/m0/s1. The van der Waals surface area contributed by atoms with Crippen LogP contribution in [0.3, 0.4) is 0 Å². The summed E-state index contributed by atoms with van der Waals surface area (Å²) in [6.07, 6.45) is 5.28. The zero-order valence-corrected chi connectivity index (χ0v) is 16.4. The van der Waals surface area contributed by atoms with Gasteiger partial charge in [0.05, 0.1) is 11.8 Å². The van der Waals surface area contributed by atoms with E-state index in [4.69, 9.17) is 4.74 Å². The first-order valence-electron chi connectivity index (χ1n) is 10.2. The Morgan fingerprint density at radius 3 is 2.89 bits per heavy atom. The summed E-state index contributed by atoms with van der Waals surface area (Å²) in [5, 5.41) is 9.35. The fourth-order valence-corrected chi connectivity index (χ4v) is 4.94. The van der Waals surface area contributed by atoms with Crippen molar-refractivity contribution in [2.45, 2.75) is 50.7 Å². The van der Waals surface area contributed by atoms with E-state index in [1.54, 1.807) is 11.0 Å². The van der Waals surface area contributed by atoms with Gasteiger partial charge in [0.15, 0.2) is 5.60 Å². The van der Waals surface area contributed by atoms with E-state index in [0.717, 1.165) is 36.2 Å². The quantitative estimate of drug-likeness (QED) is 0.793. The summed E-state index contributed by atoms with van der Waals surface area (Å²) in [6, 6.07) is 5.82. The predicted molar refractivity (Wildman–Crippen MR) is 107 cm³/mol. The van der Waals surface area contributed by atoms with Gasteiger partial charge in [-0.1, -0.05) is 13.0 Å². The molecular formula is C22H28N2O4. The second kappa shape index (κ2) is 7.33. The van der Waals surface area contributed by atoms with E-state index >= 15 is 0 Å². The van der Waals surface area contributed by atoms with E-state index < -0.39 is 5.60 Å². The monoisotopic (exact) mass is 384 g/mol. The van der Waals surface area contributed by atoms with Gasteiger partial charge in [-0.25, -0.2) is 0 Å². The second-order valence-electron chi connectivity index (χ2n) is 8.03. The molecule has 0 unspecified atom stereocenters. The topological polar surface area (TPSA) is 70.1 Å². The lowest BCUT2D eigenvalue weighted by Gasteiger charge is -2.30. The molecule has 2 saturated heterocycles. The third-order valence-corrected chi connectivity index (χ3v) is 6.29. The van der Waals surface area contributed by atoms with Gasteiger partial charge >= 0.3 is 0 Å². The van der Waals surface area contributed by atoms with E-state index in [1.165, 1.54) is 0 Å². The van der Waals surface area contributed by atoms with E-state index in [9.17, 15) is 14.7 Å². The van der Waals surface area contributed by atoms with Crippen LogP contribution in [-0.4, -0.2) is 42.7 Å². The average molecular weight is 384 g/mol. The number of aliphatic hydroxyl groups excluding tert-OH is 1. The summed E-state index contributed by atoms with van der Waals surface area (Å²) in [6.45, 7) is 6.98. The van der Waals surface area contributed by atoms with Gasteiger partial charge in [-0.2, -0.15) is 0 Å². The minimum absolute atomic E-state index is 0.0163. The third kappa shape index (κ3) is 2.78. The van der Waals surface area contributed by atoms with Crippen LogP contribution in [0.1, 0.15) is 44.6 Å². The maximum atomic E-state index is 13.5. The Labute approximate surface area is 165 Å². The molecule has 1 aromatic rings. The lowest BCUT2D eigenvalue weighted by atomic mass is 9.82. The number of fused-ring (bicyclic) bond motifs is 2. The van der Waals surface area contributed by atoms with E-state index in [1.807, 2.05) is 30.0 Å². The molecule has 1 spiro atoms. The Hall–Kier alpha value is -2.18. The van der Waals surface area contributed by atoms with E-state index in [0.29, 0.717) is 25.9 Å². The average Bonchev–Trinajstić information content (AvgIpc) is 3.13. The van der Waals surface area contributed by atoms with Gasteiger partial charge in [-0.05, 0) is 43.9 Å². The SMILES string of the molecule is C=CCN1C(=O)[C@]2(O[C@H](CCO)C[C@@H]2C)c2cc(N3CCCCC3=O)ccc21. The fourth-order valence-electron chi connectivity index (χ4n) is 4.94. The minimum atomic E-state index is -1.05. The van der Waals surface area contributed by atoms with Crippen LogP contribution in [0.25, 0.3) is 0 Å². The second-order valence-corrected chi connectivity index (χ2v) is 8.03. The first kappa shape index (κ1) is 19.2. The number of aliphatic hydroxyl groups is 1. The van der Waals surface area contributed by atoms with Gasteiger partial charge in [0.2, 0.25) is 5.91 Å². The summed E-state index contributed by atoms with van der Waals surface area (Å²) < 4.78 is 6.36. The molecule has 0 bridgehead atoms. The molecule has 6 nitrogen and oxygen atoms in total. The van der Waals surface area contributed by atoms with E-state index in [-0.39, 0.29) is 30.4 Å². The Kier molecular flexibility index (Phi) is 5.02. The molecule has 1 N–H and O–H groups in total. The summed E-state index contributed by atoms with van der Waals surface area (Å²) in [4.78, 5) is 29.5. The highest BCUT2D eigenvalue weighted by Crippen LogP contribution is 2.54. The lowest BCUT2D eigenvalue weighted by molar-refractivity contribution is -0.146. The van der Waals surface area contributed by atoms with Crippen molar-refractivity contribution in [2.75, 3.05) is 29.5 Å². The van der Waals surface area contributed by atoms with Crippen LogP contribution in [0, 0.1) is 5.92 Å². The number of rotatable bonds is 5. The number of nitrogens with zero attached hydrogens (tertiary/aromatic N) is 2. The van der Waals surface area contributed by atoms with Crippen molar-refractivity contribution in [2.24, 2.45) is 5.92 Å². The van der Waals surface area contributed by atoms with Crippen LogP contribution in [0.15, 0.2) is 30.9 Å². The molecule has 0 aromatic heterocycles. The molecule has 150 valence electrons. The van der Waals surface area contributed by atoms with Crippen LogP contribution in [0.4, 0.5) is 11.4 Å². The molecule has 0 saturated carbocycles. The number of benzene rings is 1. The molecule has 3 heterocycles. The smallest absolute Gasteiger partial charge is 0.264 e. The van der Waals surface area contributed by atoms with Crippen molar-refractivity contribution in [3.63, 3.8) is 0 Å². The van der Waals surface area contributed by atoms with Crippen molar-refractivity contribution in [3.05, 3.63) is 36.4 Å². The van der Waals surface area contributed by atoms with Gasteiger partial charge in [0.1, 0.15) is 0 Å². The van der Waals surface area contributed by atoms with Gasteiger partial charge in [-0.3, -0.25) is 9.59 Å². The van der Waals surface area contributed by atoms with Crippen molar-refractivity contribution in [1.29, 1.82) is 0 Å². The number of ether oxygens (including phenoxy) is 1.